The lowest BCUT2D eigenvalue weighted by atomic mass is 10.0. The van der Waals surface area contributed by atoms with Gasteiger partial charge < -0.3 is 19.3 Å². The predicted octanol–water partition coefficient (Wildman–Crippen LogP) is 1.28. The highest BCUT2D eigenvalue weighted by Gasteiger charge is 2.26. The lowest BCUT2D eigenvalue weighted by molar-refractivity contribution is -0.134. The first-order valence-corrected chi connectivity index (χ1v) is 5.43. The summed E-state index contributed by atoms with van der Waals surface area (Å²) in [6, 6.07) is 4.34. The summed E-state index contributed by atoms with van der Waals surface area (Å²) in [6.45, 7) is 1.19. The quantitative estimate of drug-likeness (QED) is 0.867. The molecule has 1 aliphatic heterocycles. The van der Waals surface area contributed by atoms with Gasteiger partial charge in [0.1, 0.15) is 23.8 Å². The molecule has 0 bridgehead atoms. The third-order valence-corrected chi connectivity index (χ3v) is 2.72. The Morgan fingerprint density at radius 3 is 2.88 bits per heavy atom. The van der Waals surface area contributed by atoms with Crippen molar-refractivity contribution in [2.24, 2.45) is 0 Å². The van der Waals surface area contributed by atoms with Crippen LogP contribution in [0, 0.1) is 5.82 Å². The SMILES string of the molecule is COc1ccc(C(O)C2COCCO2)c(F)c1. The topological polar surface area (TPSA) is 47.9 Å². The van der Waals surface area contributed by atoms with Gasteiger partial charge in [-0.1, -0.05) is 0 Å². The van der Waals surface area contributed by atoms with Crippen molar-refractivity contribution in [1.29, 1.82) is 0 Å². The zero-order valence-corrected chi connectivity index (χ0v) is 9.56. The number of hydrogen-bond acceptors (Lipinski definition) is 4. The van der Waals surface area contributed by atoms with Crippen LogP contribution in [0.5, 0.6) is 5.75 Å². The van der Waals surface area contributed by atoms with Gasteiger partial charge in [-0.2, -0.15) is 0 Å². The van der Waals surface area contributed by atoms with Gasteiger partial charge in [0.15, 0.2) is 0 Å². The maximum absolute atomic E-state index is 13.7. The minimum Gasteiger partial charge on any atom is -0.497 e. The molecule has 1 heterocycles. The summed E-state index contributed by atoms with van der Waals surface area (Å²) < 4.78 is 29.1. The third kappa shape index (κ3) is 2.74. The predicted molar refractivity (Wildman–Crippen MR) is 58.5 cm³/mol. The monoisotopic (exact) mass is 242 g/mol. The van der Waals surface area contributed by atoms with Crippen molar-refractivity contribution in [2.75, 3.05) is 26.9 Å². The number of halogens is 1. The first-order chi connectivity index (χ1) is 8.22. The summed E-state index contributed by atoms with van der Waals surface area (Å²) in [5.74, 6) is -0.0923. The summed E-state index contributed by atoms with van der Waals surface area (Å²) in [6.07, 6.45) is -1.55. The van der Waals surface area contributed by atoms with E-state index in [1.54, 1.807) is 6.07 Å². The van der Waals surface area contributed by atoms with Gasteiger partial charge in [0.2, 0.25) is 0 Å². The molecule has 1 N–H and O–H groups in total. The second-order valence-electron chi connectivity index (χ2n) is 3.82. The normalized spacial score (nSPS) is 22.2. The van der Waals surface area contributed by atoms with Crippen molar-refractivity contribution >= 4 is 0 Å². The van der Waals surface area contributed by atoms with Gasteiger partial charge in [-0.15, -0.1) is 0 Å². The molecule has 0 radical (unpaired) electrons. The van der Waals surface area contributed by atoms with E-state index in [9.17, 15) is 9.50 Å². The molecule has 0 amide bonds. The van der Waals surface area contributed by atoms with E-state index in [1.807, 2.05) is 0 Å². The number of rotatable bonds is 3. The molecular weight excluding hydrogens is 227 g/mol. The van der Waals surface area contributed by atoms with Crippen molar-refractivity contribution in [3.05, 3.63) is 29.6 Å². The van der Waals surface area contributed by atoms with Crippen LogP contribution in [0.4, 0.5) is 4.39 Å². The van der Waals surface area contributed by atoms with Gasteiger partial charge in [-0.3, -0.25) is 0 Å². The Morgan fingerprint density at radius 1 is 1.47 bits per heavy atom. The molecule has 1 aliphatic rings. The third-order valence-electron chi connectivity index (χ3n) is 2.72. The van der Waals surface area contributed by atoms with Crippen LogP contribution in [0.3, 0.4) is 0 Å². The van der Waals surface area contributed by atoms with Crippen molar-refractivity contribution in [3.63, 3.8) is 0 Å². The average molecular weight is 242 g/mol. The van der Waals surface area contributed by atoms with E-state index < -0.39 is 18.0 Å². The number of hydrogen-bond donors (Lipinski definition) is 1. The number of aliphatic hydroxyl groups is 1. The van der Waals surface area contributed by atoms with Crippen LogP contribution >= 0.6 is 0 Å². The summed E-state index contributed by atoms with van der Waals surface area (Å²) in [5, 5.41) is 10.0. The lowest BCUT2D eigenvalue weighted by Crippen LogP contribution is -2.34. The molecule has 17 heavy (non-hydrogen) atoms. The molecule has 1 aromatic rings. The Morgan fingerprint density at radius 2 is 2.29 bits per heavy atom. The van der Waals surface area contributed by atoms with Gasteiger partial charge in [0, 0.05) is 11.6 Å². The zero-order valence-electron chi connectivity index (χ0n) is 9.56. The molecule has 0 aliphatic carbocycles. The van der Waals surface area contributed by atoms with Crippen LogP contribution in [0.2, 0.25) is 0 Å². The Balaban J connectivity index is 2.15. The molecular formula is C12H15FO4. The molecule has 1 saturated heterocycles. The Bertz CT molecular complexity index is 377. The van der Waals surface area contributed by atoms with E-state index in [0.717, 1.165) is 0 Å². The summed E-state index contributed by atoms with van der Waals surface area (Å²) >= 11 is 0. The van der Waals surface area contributed by atoms with E-state index in [4.69, 9.17) is 14.2 Å². The number of benzene rings is 1. The Hall–Kier alpha value is -1.17. The van der Waals surface area contributed by atoms with E-state index in [0.29, 0.717) is 19.0 Å². The number of ether oxygens (including phenoxy) is 3. The molecule has 0 saturated carbocycles. The molecule has 2 rings (SSSR count). The Labute approximate surface area is 98.9 Å². The van der Waals surface area contributed by atoms with Gasteiger partial charge >= 0.3 is 0 Å². The van der Waals surface area contributed by atoms with E-state index >= 15 is 0 Å². The van der Waals surface area contributed by atoms with Crippen molar-refractivity contribution in [3.8, 4) is 5.75 Å². The van der Waals surface area contributed by atoms with Crippen LogP contribution in [0.15, 0.2) is 18.2 Å². The van der Waals surface area contributed by atoms with Gasteiger partial charge in [-0.05, 0) is 12.1 Å². The van der Waals surface area contributed by atoms with Gasteiger partial charge in [0.05, 0.1) is 26.9 Å². The van der Waals surface area contributed by atoms with Crippen molar-refractivity contribution in [2.45, 2.75) is 12.2 Å². The minimum absolute atomic E-state index is 0.196. The van der Waals surface area contributed by atoms with Gasteiger partial charge in [0.25, 0.3) is 0 Å². The molecule has 4 nitrogen and oxygen atoms in total. The van der Waals surface area contributed by atoms with Crippen LogP contribution < -0.4 is 4.74 Å². The fraction of sp³-hybridized carbons (Fsp3) is 0.500. The van der Waals surface area contributed by atoms with Crippen LogP contribution in [-0.2, 0) is 9.47 Å². The number of methoxy groups -OCH3 is 1. The van der Waals surface area contributed by atoms with Gasteiger partial charge in [-0.25, -0.2) is 4.39 Å². The smallest absolute Gasteiger partial charge is 0.132 e. The molecule has 0 spiro atoms. The summed E-state index contributed by atoms with van der Waals surface area (Å²) in [5.41, 5.74) is 0.196. The fourth-order valence-corrected chi connectivity index (χ4v) is 1.76. The van der Waals surface area contributed by atoms with Crippen LogP contribution in [0.25, 0.3) is 0 Å². The molecule has 5 heteroatoms. The standard InChI is InChI=1S/C12H15FO4/c1-15-8-2-3-9(10(13)6-8)12(14)11-7-16-4-5-17-11/h2-3,6,11-12,14H,4-5,7H2,1H3. The summed E-state index contributed by atoms with van der Waals surface area (Å²) in [4.78, 5) is 0. The maximum Gasteiger partial charge on any atom is 0.132 e. The van der Waals surface area contributed by atoms with Crippen molar-refractivity contribution in [1.82, 2.24) is 0 Å². The van der Waals surface area contributed by atoms with Crippen LogP contribution in [0.1, 0.15) is 11.7 Å². The zero-order chi connectivity index (χ0) is 12.3. The first-order valence-electron chi connectivity index (χ1n) is 5.43. The van der Waals surface area contributed by atoms with E-state index in [2.05, 4.69) is 0 Å². The highest BCUT2D eigenvalue weighted by molar-refractivity contribution is 5.30. The first kappa shape index (κ1) is 12.3. The Kier molecular flexibility index (Phi) is 3.93. The van der Waals surface area contributed by atoms with Crippen molar-refractivity contribution < 1.29 is 23.7 Å². The van der Waals surface area contributed by atoms with E-state index in [1.165, 1.54) is 19.2 Å². The minimum atomic E-state index is -1.03. The summed E-state index contributed by atoms with van der Waals surface area (Å²) in [7, 11) is 1.46. The molecule has 1 fully saturated rings. The molecule has 2 atom stereocenters. The highest BCUT2D eigenvalue weighted by atomic mass is 19.1. The molecule has 1 aromatic carbocycles. The fourth-order valence-electron chi connectivity index (χ4n) is 1.76. The number of aliphatic hydroxyl groups excluding tert-OH is 1. The molecule has 2 unspecified atom stereocenters. The molecule has 94 valence electrons. The van der Waals surface area contributed by atoms with E-state index in [-0.39, 0.29) is 12.2 Å². The average Bonchev–Trinajstić information content (AvgIpc) is 2.39. The van der Waals surface area contributed by atoms with Crippen LogP contribution in [-0.4, -0.2) is 38.1 Å². The second-order valence-corrected chi connectivity index (χ2v) is 3.82. The maximum atomic E-state index is 13.7. The molecule has 0 aromatic heterocycles. The largest absolute Gasteiger partial charge is 0.497 e. The lowest BCUT2D eigenvalue weighted by Gasteiger charge is -2.27. The second kappa shape index (κ2) is 5.44. The highest BCUT2D eigenvalue weighted by Crippen LogP contribution is 2.26.